The molecule has 4 nitrogen and oxygen atoms in total. The van der Waals surface area contributed by atoms with E-state index in [1.807, 2.05) is 4.90 Å². The van der Waals surface area contributed by atoms with Crippen LogP contribution in [0.1, 0.15) is 58.5 Å². The SMILES string of the molecule is CC(C)(C)C(=O)[C@H]1[C@H](c2ccc(F)cc2)C2(C(=O)c3ccccc3C2=O)C2C=Cc3cc(F)ccc3N21. The minimum Gasteiger partial charge on any atom is -0.352 e. The molecule has 3 aromatic carbocycles. The maximum Gasteiger partial charge on any atom is 0.180 e. The van der Waals surface area contributed by atoms with Crippen LogP contribution in [0.3, 0.4) is 0 Å². The number of nitrogens with zero attached hydrogens (tertiary/aromatic N) is 1. The second-order valence-electron chi connectivity index (χ2n) is 11.1. The summed E-state index contributed by atoms with van der Waals surface area (Å²) in [6.07, 6.45) is 3.46. The number of rotatable bonds is 2. The summed E-state index contributed by atoms with van der Waals surface area (Å²) < 4.78 is 28.2. The Bertz CT molecular complexity index is 1480. The van der Waals surface area contributed by atoms with Gasteiger partial charge in [0.15, 0.2) is 17.3 Å². The fourth-order valence-corrected chi connectivity index (χ4v) is 6.43. The average Bonchev–Trinajstić information content (AvgIpc) is 3.29. The van der Waals surface area contributed by atoms with Gasteiger partial charge in [-0.3, -0.25) is 14.4 Å². The molecule has 3 aliphatic rings. The van der Waals surface area contributed by atoms with Crippen molar-refractivity contribution in [3.8, 4) is 0 Å². The molecule has 6 rings (SSSR count). The first kappa shape index (κ1) is 23.5. The summed E-state index contributed by atoms with van der Waals surface area (Å²) in [4.78, 5) is 44.9. The first-order valence-corrected chi connectivity index (χ1v) is 12.3. The Labute approximate surface area is 213 Å². The molecular weight excluding hydrogens is 472 g/mol. The van der Waals surface area contributed by atoms with Crippen molar-refractivity contribution in [2.45, 2.75) is 38.8 Å². The van der Waals surface area contributed by atoms with E-state index < -0.39 is 40.5 Å². The molecule has 0 aromatic heterocycles. The third-order valence-electron chi connectivity index (χ3n) is 8.00. The van der Waals surface area contributed by atoms with Crippen molar-refractivity contribution in [2.75, 3.05) is 4.90 Å². The highest BCUT2D eigenvalue weighted by Crippen LogP contribution is 2.61. The van der Waals surface area contributed by atoms with Crippen LogP contribution in [0.4, 0.5) is 14.5 Å². The number of benzene rings is 3. The first-order valence-electron chi connectivity index (χ1n) is 12.3. The molecule has 1 fully saturated rings. The molecule has 1 spiro atoms. The number of Topliss-reactive ketones (excluding diaryl/α,β-unsaturated/α-hetero) is 3. The number of hydrogen-bond acceptors (Lipinski definition) is 4. The molecule has 0 saturated carbocycles. The summed E-state index contributed by atoms with van der Waals surface area (Å²) in [6.45, 7) is 5.40. The Kier molecular flexibility index (Phi) is 4.94. The number of carbonyl (C=O) groups excluding carboxylic acids is 3. The van der Waals surface area contributed by atoms with E-state index in [-0.39, 0.29) is 17.3 Å². The third kappa shape index (κ3) is 3.08. The quantitative estimate of drug-likeness (QED) is 0.407. The largest absolute Gasteiger partial charge is 0.352 e. The molecule has 2 aliphatic heterocycles. The van der Waals surface area contributed by atoms with Crippen LogP contribution in [0, 0.1) is 22.5 Å². The van der Waals surface area contributed by atoms with Gasteiger partial charge >= 0.3 is 0 Å². The van der Waals surface area contributed by atoms with Gasteiger partial charge in [0, 0.05) is 33.7 Å². The predicted molar refractivity (Wildman–Crippen MR) is 137 cm³/mol. The zero-order valence-corrected chi connectivity index (χ0v) is 20.7. The lowest BCUT2D eigenvalue weighted by atomic mass is 9.63. The molecule has 3 aromatic rings. The van der Waals surface area contributed by atoms with E-state index >= 15 is 0 Å². The fraction of sp³-hybridized carbons (Fsp3) is 0.258. The Morgan fingerprint density at radius 2 is 1.46 bits per heavy atom. The summed E-state index contributed by atoms with van der Waals surface area (Å²) in [7, 11) is 0. The van der Waals surface area contributed by atoms with Gasteiger partial charge < -0.3 is 4.90 Å². The Morgan fingerprint density at radius 3 is 2.05 bits per heavy atom. The van der Waals surface area contributed by atoms with E-state index in [1.54, 1.807) is 75.4 Å². The predicted octanol–water partition coefficient (Wildman–Crippen LogP) is 6.01. The minimum absolute atomic E-state index is 0.161. The Balaban J connectivity index is 1.70. The second kappa shape index (κ2) is 7.78. The molecule has 2 heterocycles. The molecule has 37 heavy (non-hydrogen) atoms. The summed E-state index contributed by atoms with van der Waals surface area (Å²) in [5.41, 5.74) is -0.146. The zero-order valence-electron chi connectivity index (χ0n) is 20.7. The monoisotopic (exact) mass is 497 g/mol. The van der Waals surface area contributed by atoms with Crippen LogP contribution >= 0.6 is 0 Å². The number of anilines is 1. The van der Waals surface area contributed by atoms with E-state index in [9.17, 15) is 23.2 Å². The van der Waals surface area contributed by atoms with Crippen LogP contribution in [0.25, 0.3) is 6.08 Å². The van der Waals surface area contributed by atoms with Crippen molar-refractivity contribution >= 4 is 29.1 Å². The van der Waals surface area contributed by atoms with Crippen LogP contribution in [-0.2, 0) is 4.79 Å². The number of hydrogen-bond donors (Lipinski definition) is 0. The molecule has 0 bridgehead atoms. The van der Waals surface area contributed by atoms with Gasteiger partial charge in [0.2, 0.25) is 0 Å². The molecular formula is C31H25F2NO3. The molecule has 1 unspecified atom stereocenters. The normalized spacial score (nSPS) is 23.3. The number of fused-ring (bicyclic) bond motifs is 5. The van der Waals surface area contributed by atoms with Crippen LogP contribution in [0.2, 0.25) is 0 Å². The van der Waals surface area contributed by atoms with Gasteiger partial charge in [-0.15, -0.1) is 0 Å². The molecule has 0 N–H and O–H groups in total. The molecule has 1 aliphatic carbocycles. The molecule has 0 radical (unpaired) electrons. The number of ketones is 3. The van der Waals surface area contributed by atoms with E-state index in [4.69, 9.17) is 0 Å². The van der Waals surface area contributed by atoms with Crippen LogP contribution in [-0.4, -0.2) is 29.4 Å². The molecule has 3 atom stereocenters. The van der Waals surface area contributed by atoms with Crippen LogP contribution in [0.5, 0.6) is 0 Å². The first-order chi connectivity index (χ1) is 17.6. The summed E-state index contributed by atoms with van der Waals surface area (Å²) >= 11 is 0. The number of carbonyl (C=O) groups is 3. The van der Waals surface area contributed by atoms with Crippen molar-refractivity contribution in [3.05, 3.63) is 107 Å². The molecule has 186 valence electrons. The highest BCUT2D eigenvalue weighted by atomic mass is 19.1. The standard InChI is InChI=1S/C31H25F2NO3/c1-30(2,3)29(37)26-25(17-8-11-19(32)12-9-17)31(27(35)21-6-4-5-7-22(21)28(31)36)24-15-10-18-16-20(33)13-14-23(18)34(24)26/h4-16,24-26H,1-3H3/t24?,25-,26+/m0/s1. The van der Waals surface area contributed by atoms with Gasteiger partial charge in [-0.1, -0.05) is 69.3 Å². The molecule has 1 saturated heterocycles. The smallest absolute Gasteiger partial charge is 0.180 e. The average molecular weight is 498 g/mol. The summed E-state index contributed by atoms with van der Waals surface area (Å²) in [5.74, 6) is -2.64. The Hall–Kier alpha value is -3.93. The van der Waals surface area contributed by atoms with Gasteiger partial charge in [-0.05, 0) is 35.9 Å². The second-order valence-corrected chi connectivity index (χ2v) is 11.1. The number of halogens is 2. The van der Waals surface area contributed by atoms with Gasteiger partial charge in [0.1, 0.15) is 17.0 Å². The van der Waals surface area contributed by atoms with Crippen LogP contribution < -0.4 is 4.90 Å². The fourth-order valence-electron chi connectivity index (χ4n) is 6.43. The Morgan fingerprint density at radius 1 is 0.865 bits per heavy atom. The molecule has 6 heteroatoms. The van der Waals surface area contributed by atoms with E-state index in [0.29, 0.717) is 27.9 Å². The lowest BCUT2D eigenvalue weighted by molar-refractivity contribution is -0.127. The lowest BCUT2D eigenvalue weighted by Gasteiger charge is -2.38. The summed E-state index contributed by atoms with van der Waals surface area (Å²) in [5, 5.41) is 0. The van der Waals surface area contributed by atoms with Crippen molar-refractivity contribution in [3.63, 3.8) is 0 Å². The maximum absolute atomic E-state index is 14.4. The van der Waals surface area contributed by atoms with Gasteiger partial charge in [-0.25, -0.2) is 8.78 Å². The van der Waals surface area contributed by atoms with Gasteiger partial charge in [-0.2, -0.15) is 0 Å². The van der Waals surface area contributed by atoms with E-state index in [2.05, 4.69) is 0 Å². The highest BCUT2D eigenvalue weighted by Gasteiger charge is 2.71. The molecule has 0 amide bonds. The third-order valence-corrected chi connectivity index (χ3v) is 8.00. The van der Waals surface area contributed by atoms with Crippen molar-refractivity contribution in [1.82, 2.24) is 0 Å². The van der Waals surface area contributed by atoms with Crippen molar-refractivity contribution in [1.29, 1.82) is 0 Å². The van der Waals surface area contributed by atoms with Crippen molar-refractivity contribution < 1.29 is 23.2 Å². The van der Waals surface area contributed by atoms with Crippen molar-refractivity contribution in [2.24, 2.45) is 10.8 Å². The van der Waals surface area contributed by atoms with Gasteiger partial charge in [0.05, 0.1) is 12.1 Å². The zero-order chi connectivity index (χ0) is 26.3. The van der Waals surface area contributed by atoms with E-state index in [0.717, 1.165) is 0 Å². The van der Waals surface area contributed by atoms with Crippen LogP contribution in [0.15, 0.2) is 72.8 Å². The van der Waals surface area contributed by atoms with E-state index in [1.165, 1.54) is 24.3 Å². The highest BCUT2D eigenvalue weighted by molar-refractivity contribution is 6.32. The minimum atomic E-state index is -1.64. The van der Waals surface area contributed by atoms with Gasteiger partial charge in [0.25, 0.3) is 0 Å². The summed E-state index contributed by atoms with van der Waals surface area (Å²) in [6, 6.07) is 15.0. The topological polar surface area (TPSA) is 54.5 Å². The maximum atomic E-state index is 14.4. The lowest BCUT2D eigenvalue weighted by Crippen LogP contribution is -2.49.